The predicted octanol–water partition coefficient (Wildman–Crippen LogP) is 2.64. The van der Waals surface area contributed by atoms with E-state index in [4.69, 9.17) is 0 Å². The summed E-state index contributed by atoms with van der Waals surface area (Å²) in [5, 5.41) is 10.4. The molecule has 2 fully saturated rings. The molecule has 1 aliphatic heterocycles. The minimum atomic E-state index is 0.120. The first-order valence-electron chi connectivity index (χ1n) is 8.94. The van der Waals surface area contributed by atoms with E-state index in [1.54, 1.807) is 6.20 Å². The highest BCUT2D eigenvalue weighted by Crippen LogP contribution is 2.56. The molecule has 5 rings (SSSR count). The van der Waals surface area contributed by atoms with Crippen molar-refractivity contribution < 1.29 is 4.79 Å². The number of fused-ring (bicyclic) bond motifs is 3. The highest BCUT2D eigenvalue weighted by Gasteiger charge is 2.56. The molecule has 2 amide bonds. The molecule has 0 spiro atoms. The van der Waals surface area contributed by atoms with E-state index in [0.29, 0.717) is 23.8 Å². The van der Waals surface area contributed by atoms with E-state index in [0.717, 1.165) is 32.4 Å². The molecule has 2 aromatic rings. The Labute approximate surface area is 141 Å². The molecule has 0 unspecified atom stereocenters. The van der Waals surface area contributed by atoms with Crippen molar-refractivity contribution in [2.75, 3.05) is 13.1 Å². The van der Waals surface area contributed by atoms with Crippen LogP contribution in [0.15, 0.2) is 36.5 Å². The second kappa shape index (κ2) is 5.36. The van der Waals surface area contributed by atoms with Crippen LogP contribution in [-0.2, 0) is 6.42 Å². The Morgan fingerprint density at radius 1 is 1.21 bits per heavy atom. The van der Waals surface area contributed by atoms with Gasteiger partial charge in [0.1, 0.15) is 0 Å². The molecule has 3 aliphatic rings. The Balaban J connectivity index is 1.17. The molecule has 1 aromatic heterocycles. The SMILES string of the molecule is O=C(N[C@@H]1[C@@H]2Cc3ccccc3[C@@H]21)N1CCC(c2ccn[nH]2)CC1. The molecule has 1 saturated carbocycles. The molecule has 5 nitrogen and oxygen atoms in total. The van der Waals surface area contributed by atoms with Gasteiger partial charge in [-0.2, -0.15) is 5.10 Å². The standard InChI is InChI=1S/C19H22N4O/c24-19(23-9-6-12(7-10-23)16-5-8-20-22-16)21-18-15-11-13-3-1-2-4-14(13)17(15)18/h1-5,8,12,15,17-18H,6-7,9-11H2,(H,20,22)(H,21,24)/t15-,17+,18-/m1/s1. The van der Waals surface area contributed by atoms with Crippen LogP contribution < -0.4 is 5.32 Å². The third-order valence-electron chi connectivity index (χ3n) is 6.07. The van der Waals surface area contributed by atoms with Crippen LogP contribution in [0.5, 0.6) is 0 Å². The van der Waals surface area contributed by atoms with Crippen molar-refractivity contribution in [2.24, 2.45) is 5.92 Å². The number of aromatic amines is 1. The van der Waals surface area contributed by atoms with Gasteiger partial charge in [0.05, 0.1) is 0 Å². The summed E-state index contributed by atoms with van der Waals surface area (Å²) in [4.78, 5) is 14.6. The highest BCUT2D eigenvalue weighted by molar-refractivity contribution is 5.75. The lowest BCUT2D eigenvalue weighted by molar-refractivity contribution is 0.180. The van der Waals surface area contributed by atoms with Gasteiger partial charge < -0.3 is 10.2 Å². The fourth-order valence-corrected chi connectivity index (χ4v) is 4.67. The number of urea groups is 1. The summed E-state index contributed by atoms with van der Waals surface area (Å²) < 4.78 is 0. The summed E-state index contributed by atoms with van der Waals surface area (Å²) >= 11 is 0. The molecular formula is C19H22N4O. The first-order valence-corrected chi connectivity index (χ1v) is 8.94. The summed E-state index contributed by atoms with van der Waals surface area (Å²) in [7, 11) is 0. The molecule has 0 radical (unpaired) electrons. The Morgan fingerprint density at radius 3 is 2.83 bits per heavy atom. The Hall–Kier alpha value is -2.30. The number of benzene rings is 1. The molecular weight excluding hydrogens is 300 g/mol. The largest absolute Gasteiger partial charge is 0.334 e. The number of H-pyrrole nitrogens is 1. The maximum Gasteiger partial charge on any atom is 0.317 e. The average molecular weight is 322 g/mol. The van der Waals surface area contributed by atoms with Crippen LogP contribution in [-0.4, -0.2) is 40.3 Å². The Kier molecular flexibility index (Phi) is 3.15. The lowest BCUT2D eigenvalue weighted by Crippen LogP contribution is -2.45. The van der Waals surface area contributed by atoms with E-state index in [1.165, 1.54) is 16.8 Å². The molecule has 2 heterocycles. The Bertz CT molecular complexity index is 748. The normalized spacial score (nSPS) is 28.3. The van der Waals surface area contributed by atoms with Crippen molar-refractivity contribution >= 4 is 6.03 Å². The number of likely N-dealkylation sites (tertiary alicyclic amines) is 1. The van der Waals surface area contributed by atoms with Gasteiger partial charge >= 0.3 is 6.03 Å². The van der Waals surface area contributed by atoms with Crippen molar-refractivity contribution in [1.29, 1.82) is 0 Å². The summed E-state index contributed by atoms with van der Waals surface area (Å²) in [6, 6.07) is 11.2. The topological polar surface area (TPSA) is 61.0 Å². The number of aromatic nitrogens is 2. The average Bonchev–Trinajstić information content (AvgIpc) is 3.02. The minimum absolute atomic E-state index is 0.120. The molecule has 1 aromatic carbocycles. The van der Waals surface area contributed by atoms with E-state index in [9.17, 15) is 4.79 Å². The van der Waals surface area contributed by atoms with Gasteiger partial charge in [0.15, 0.2) is 0 Å². The fourth-order valence-electron chi connectivity index (χ4n) is 4.67. The molecule has 124 valence electrons. The number of nitrogens with one attached hydrogen (secondary N) is 2. The second-order valence-corrected chi connectivity index (χ2v) is 7.34. The number of piperidine rings is 1. The van der Waals surface area contributed by atoms with Crippen molar-refractivity contribution in [2.45, 2.75) is 37.1 Å². The maximum absolute atomic E-state index is 12.6. The summed E-state index contributed by atoms with van der Waals surface area (Å²) in [6.07, 6.45) is 4.94. The molecule has 2 N–H and O–H groups in total. The van der Waals surface area contributed by atoms with E-state index in [-0.39, 0.29) is 6.03 Å². The van der Waals surface area contributed by atoms with Crippen molar-refractivity contribution in [1.82, 2.24) is 20.4 Å². The maximum atomic E-state index is 12.6. The van der Waals surface area contributed by atoms with Crippen LogP contribution >= 0.6 is 0 Å². The van der Waals surface area contributed by atoms with Gasteiger partial charge in [0.25, 0.3) is 0 Å². The highest BCUT2D eigenvalue weighted by atomic mass is 16.2. The number of hydrogen-bond acceptors (Lipinski definition) is 2. The van der Waals surface area contributed by atoms with Crippen molar-refractivity contribution in [3.63, 3.8) is 0 Å². The molecule has 3 atom stereocenters. The van der Waals surface area contributed by atoms with Crippen LogP contribution in [0.3, 0.4) is 0 Å². The number of carbonyl (C=O) groups is 1. The molecule has 2 aliphatic carbocycles. The molecule has 0 bridgehead atoms. The number of amides is 2. The Morgan fingerprint density at radius 2 is 2.04 bits per heavy atom. The van der Waals surface area contributed by atoms with Gasteiger partial charge in [-0.1, -0.05) is 24.3 Å². The predicted molar refractivity (Wildman–Crippen MR) is 90.8 cm³/mol. The third-order valence-corrected chi connectivity index (χ3v) is 6.07. The van der Waals surface area contributed by atoms with Crippen LogP contribution in [0, 0.1) is 5.92 Å². The van der Waals surface area contributed by atoms with Gasteiger partial charge in [-0.15, -0.1) is 0 Å². The number of carbonyl (C=O) groups excluding carboxylic acids is 1. The van der Waals surface area contributed by atoms with Crippen LogP contribution in [0.25, 0.3) is 0 Å². The smallest absolute Gasteiger partial charge is 0.317 e. The van der Waals surface area contributed by atoms with E-state index in [2.05, 4.69) is 39.8 Å². The van der Waals surface area contributed by atoms with Gasteiger partial charge in [-0.3, -0.25) is 5.10 Å². The second-order valence-electron chi connectivity index (χ2n) is 7.34. The van der Waals surface area contributed by atoms with Gasteiger partial charge in [0.2, 0.25) is 0 Å². The quantitative estimate of drug-likeness (QED) is 0.893. The van der Waals surface area contributed by atoms with E-state index in [1.807, 2.05) is 11.0 Å². The summed E-state index contributed by atoms with van der Waals surface area (Å²) in [5.41, 5.74) is 4.12. The van der Waals surface area contributed by atoms with E-state index < -0.39 is 0 Å². The zero-order chi connectivity index (χ0) is 16.1. The van der Waals surface area contributed by atoms with Gasteiger partial charge in [-0.05, 0) is 42.4 Å². The van der Waals surface area contributed by atoms with Crippen molar-refractivity contribution in [3.05, 3.63) is 53.3 Å². The fraction of sp³-hybridized carbons (Fsp3) is 0.474. The zero-order valence-corrected chi connectivity index (χ0v) is 13.6. The number of hydrogen-bond donors (Lipinski definition) is 2. The molecule has 5 heteroatoms. The number of rotatable bonds is 2. The van der Waals surface area contributed by atoms with Crippen molar-refractivity contribution in [3.8, 4) is 0 Å². The lowest BCUT2D eigenvalue weighted by atomic mass is 9.94. The third kappa shape index (κ3) is 2.22. The van der Waals surface area contributed by atoms with E-state index >= 15 is 0 Å². The first-order chi connectivity index (χ1) is 11.8. The lowest BCUT2D eigenvalue weighted by Gasteiger charge is -2.31. The van der Waals surface area contributed by atoms with Crippen LogP contribution in [0.1, 0.15) is 41.5 Å². The summed E-state index contributed by atoms with van der Waals surface area (Å²) in [6.45, 7) is 1.66. The minimum Gasteiger partial charge on any atom is -0.334 e. The van der Waals surface area contributed by atoms with Gasteiger partial charge in [-0.25, -0.2) is 4.79 Å². The monoisotopic (exact) mass is 322 g/mol. The molecule has 1 saturated heterocycles. The van der Waals surface area contributed by atoms with Gasteiger partial charge in [0, 0.05) is 42.9 Å². The first kappa shape index (κ1) is 14.1. The summed E-state index contributed by atoms with van der Waals surface area (Å²) in [5.74, 6) is 1.67. The zero-order valence-electron chi connectivity index (χ0n) is 13.6. The van der Waals surface area contributed by atoms with Crippen LogP contribution in [0.2, 0.25) is 0 Å². The van der Waals surface area contributed by atoms with Crippen LogP contribution in [0.4, 0.5) is 4.79 Å². The molecule has 24 heavy (non-hydrogen) atoms. The number of nitrogens with zero attached hydrogens (tertiary/aromatic N) is 2.